The van der Waals surface area contributed by atoms with Gasteiger partial charge < -0.3 is 10.4 Å². The standard InChI is InChI=1S/C16H12N2O2S/c19-16(20)14-15(21-10-17-14)18-13-9-5-4-8-12(13)11-6-2-1-3-7-11/h1-10,18H,(H,19,20). The monoisotopic (exact) mass is 296 g/mol. The average Bonchev–Trinajstić information content (AvgIpc) is 2.97. The topological polar surface area (TPSA) is 62.2 Å². The van der Waals surface area contributed by atoms with E-state index in [2.05, 4.69) is 10.3 Å². The van der Waals surface area contributed by atoms with Crippen LogP contribution in [-0.4, -0.2) is 16.1 Å². The molecule has 0 aliphatic carbocycles. The normalized spacial score (nSPS) is 10.3. The molecule has 0 unspecified atom stereocenters. The lowest BCUT2D eigenvalue weighted by Gasteiger charge is -2.11. The van der Waals surface area contributed by atoms with Gasteiger partial charge in [0.2, 0.25) is 0 Å². The summed E-state index contributed by atoms with van der Waals surface area (Å²) in [6, 6.07) is 17.7. The number of rotatable bonds is 4. The third kappa shape index (κ3) is 2.78. The second-order valence-electron chi connectivity index (χ2n) is 4.37. The van der Waals surface area contributed by atoms with Crippen LogP contribution in [0.3, 0.4) is 0 Å². The Bertz CT molecular complexity index is 769. The molecule has 0 amide bonds. The molecule has 0 saturated heterocycles. The van der Waals surface area contributed by atoms with E-state index in [9.17, 15) is 4.79 Å². The molecular weight excluding hydrogens is 284 g/mol. The first kappa shape index (κ1) is 13.3. The van der Waals surface area contributed by atoms with E-state index < -0.39 is 5.97 Å². The summed E-state index contributed by atoms with van der Waals surface area (Å²) >= 11 is 1.27. The fraction of sp³-hybridized carbons (Fsp3) is 0. The van der Waals surface area contributed by atoms with Gasteiger partial charge in [-0.3, -0.25) is 0 Å². The number of hydrogen-bond donors (Lipinski definition) is 2. The quantitative estimate of drug-likeness (QED) is 0.755. The van der Waals surface area contributed by atoms with E-state index in [1.165, 1.54) is 16.8 Å². The second-order valence-corrected chi connectivity index (χ2v) is 5.23. The van der Waals surface area contributed by atoms with Crippen molar-refractivity contribution in [1.82, 2.24) is 4.98 Å². The minimum Gasteiger partial charge on any atom is -0.476 e. The highest BCUT2D eigenvalue weighted by Crippen LogP contribution is 2.32. The average molecular weight is 296 g/mol. The molecule has 1 heterocycles. The molecule has 5 heteroatoms. The van der Waals surface area contributed by atoms with E-state index in [1.807, 2.05) is 54.6 Å². The number of nitrogens with one attached hydrogen (secondary N) is 1. The number of carbonyl (C=O) groups is 1. The number of hydrogen-bond acceptors (Lipinski definition) is 4. The molecule has 4 nitrogen and oxygen atoms in total. The molecule has 0 atom stereocenters. The summed E-state index contributed by atoms with van der Waals surface area (Å²) in [5, 5.41) is 12.8. The molecule has 0 radical (unpaired) electrons. The molecule has 0 aliphatic heterocycles. The molecule has 2 N–H and O–H groups in total. The Morgan fingerprint density at radius 3 is 2.52 bits per heavy atom. The summed E-state index contributed by atoms with van der Waals surface area (Å²) < 4.78 is 0. The third-order valence-corrected chi connectivity index (χ3v) is 3.77. The molecule has 21 heavy (non-hydrogen) atoms. The largest absolute Gasteiger partial charge is 0.476 e. The van der Waals surface area contributed by atoms with Crippen molar-refractivity contribution in [1.29, 1.82) is 0 Å². The lowest BCUT2D eigenvalue weighted by Crippen LogP contribution is -2.01. The Morgan fingerprint density at radius 2 is 1.76 bits per heavy atom. The lowest BCUT2D eigenvalue weighted by molar-refractivity contribution is 0.0692. The first-order valence-electron chi connectivity index (χ1n) is 6.34. The number of carboxylic acid groups (broad SMARTS) is 1. The number of carboxylic acids is 1. The molecule has 0 fully saturated rings. The highest BCUT2D eigenvalue weighted by Gasteiger charge is 2.14. The van der Waals surface area contributed by atoms with E-state index >= 15 is 0 Å². The summed E-state index contributed by atoms with van der Waals surface area (Å²) in [5.74, 6) is -1.03. The minimum absolute atomic E-state index is 0.0443. The number of para-hydroxylation sites is 1. The van der Waals surface area contributed by atoms with Gasteiger partial charge in [-0.1, -0.05) is 48.5 Å². The number of aromatic nitrogens is 1. The molecule has 0 bridgehead atoms. The fourth-order valence-electron chi connectivity index (χ4n) is 2.07. The maximum Gasteiger partial charge on any atom is 0.357 e. The second kappa shape index (κ2) is 5.76. The van der Waals surface area contributed by atoms with Crippen molar-refractivity contribution in [2.24, 2.45) is 0 Å². The van der Waals surface area contributed by atoms with Gasteiger partial charge >= 0.3 is 5.97 Å². The van der Waals surface area contributed by atoms with Crippen LogP contribution in [0.5, 0.6) is 0 Å². The first-order chi connectivity index (χ1) is 10.3. The van der Waals surface area contributed by atoms with Gasteiger partial charge in [0.1, 0.15) is 5.00 Å². The van der Waals surface area contributed by atoms with Crippen LogP contribution in [0.4, 0.5) is 10.7 Å². The molecular formula is C16H12N2O2S. The van der Waals surface area contributed by atoms with Crippen molar-refractivity contribution in [2.45, 2.75) is 0 Å². The SMILES string of the molecule is O=C(O)c1ncsc1Nc1ccccc1-c1ccccc1. The Labute approximate surface area is 125 Å². The van der Waals surface area contributed by atoms with E-state index in [1.54, 1.807) is 0 Å². The molecule has 3 rings (SSSR count). The highest BCUT2D eigenvalue weighted by atomic mass is 32.1. The summed E-state index contributed by atoms with van der Waals surface area (Å²) in [4.78, 5) is 15.0. The lowest BCUT2D eigenvalue weighted by atomic mass is 10.0. The van der Waals surface area contributed by atoms with Gasteiger partial charge in [0.05, 0.1) is 5.51 Å². The van der Waals surface area contributed by atoms with Crippen molar-refractivity contribution in [3.63, 3.8) is 0 Å². The number of thiazole rings is 1. The zero-order valence-corrected chi connectivity index (χ0v) is 11.8. The first-order valence-corrected chi connectivity index (χ1v) is 7.22. The molecule has 0 spiro atoms. The Hall–Kier alpha value is -2.66. The molecule has 2 aromatic carbocycles. The number of aromatic carboxylic acids is 1. The van der Waals surface area contributed by atoms with Crippen molar-refractivity contribution < 1.29 is 9.90 Å². The molecule has 0 aliphatic rings. The van der Waals surface area contributed by atoms with E-state index in [0.717, 1.165) is 16.8 Å². The molecule has 3 aromatic rings. The summed E-state index contributed by atoms with van der Waals surface area (Å²) in [5.41, 5.74) is 4.51. The summed E-state index contributed by atoms with van der Waals surface area (Å²) in [6.45, 7) is 0. The maximum absolute atomic E-state index is 11.1. The van der Waals surface area contributed by atoms with Gasteiger partial charge in [-0.15, -0.1) is 11.3 Å². The highest BCUT2D eigenvalue weighted by molar-refractivity contribution is 7.14. The van der Waals surface area contributed by atoms with Gasteiger partial charge in [-0.2, -0.15) is 0 Å². The van der Waals surface area contributed by atoms with Crippen LogP contribution in [0.25, 0.3) is 11.1 Å². The predicted molar refractivity (Wildman–Crippen MR) is 84.2 cm³/mol. The third-order valence-electron chi connectivity index (χ3n) is 3.03. The van der Waals surface area contributed by atoms with Gasteiger partial charge in [0.15, 0.2) is 5.69 Å². The smallest absolute Gasteiger partial charge is 0.357 e. The summed E-state index contributed by atoms with van der Waals surface area (Å²) in [7, 11) is 0. The van der Waals surface area contributed by atoms with Crippen LogP contribution < -0.4 is 5.32 Å². The predicted octanol–water partition coefficient (Wildman–Crippen LogP) is 4.25. The van der Waals surface area contributed by atoms with E-state index in [4.69, 9.17) is 5.11 Å². The van der Waals surface area contributed by atoms with Crippen molar-refractivity contribution in [2.75, 3.05) is 5.32 Å². The van der Waals surface area contributed by atoms with E-state index in [-0.39, 0.29) is 5.69 Å². The Kier molecular flexibility index (Phi) is 3.66. The van der Waals surface area contributed by atoms with Gasteiger partial charge in [0.25, 0.3) is 0 Å². The fourth-order valence-corrected chi connectivity index (χ4v) is 2.76. The zero-order chi connectivity index (χ0) is 14.7. The van der Waals surface area contributed by atoms with Crippen LogP contribution in [0.15, 0.2) is 60.1 Å². The molecule has 0 saturated carbocycles. The summed E-state index contributed by atoms with van der Waals surface area (Å²) in [6.07, 6.45) is 0. The number of nitrogens with zero attached hydrogens (tertiary/aromatic N) is 1. The molecule has 104 valence electrons. The van der Waals surface area contributed by atoms with Crippen LogP contribution >= 0.6 is 11.3 Å². The number of benzene rings is 2. The zero-order valence-electron chi connectivity index (χ0n) is 11.0. The van der Waals surface area contributed by atoms with Gasteiger partial charge in [-0.25, -0.2) is 9.78 Å². The van der Waals surface area contributed by atoms with Crippen molar-refractivity contribution in [3.8, 4) is 11.1 Å². The van der Waals surface area contributed by atoms with Crippen LogP contribution in [-0.2, 0) is 0 Å². The minimum atomic E-state index is -1.03. The van der Waals surface area contributed by atoms with Crippen molar-refractivity contribution in [3.05, 3.63) is 65.8 Å². The Morgan fingerprint density at radius 1 is 1.05 bits per heavy atom. The van der Waals surface area contributed by atoms with Crippen LogP contribution in [0.2, 0.25) is 0 Å². The van der Waals surface area contributed by atoms with Crippen molar-refractivity contribution >= 4 is 28.0 Å². The molecule has 1 aromatic heterocycles. The Balaban J connectivity index is 2.00. The van der Waals surface area contributed by atoms with Crippen LogP contribution in [0, 0.1) is 0 Å². The van der Waals surface area contributed by atoms with Crippen LogP contribution in [0.1, 0.15) is 10.5 Å². The maximum atomic E-state index is 11.1. The van der Waals surface area contributed by atoms with E-state index in [0.29, 0.717) is 5.00 Å². The van der Waals surface area contributed by atoms with Gasteiger partial charge in [-0.05, 0) is 11.6 Å². The number of anilines is 2. The van der Waals surface area contributed by atoms with Gasteiger partial charge in [0, 0.05) is 11.3 Å².